The zero-order chi connectivity index (χ0) is 45.5. The van der Waals surface area contributed by atoms with E-state index in [1.54, 1.807) is 22.7 Å². The van der Waals surface area contributed by atoms with Gasteiger partial charge in [-0.2, -0.15) is 5.26 Å². The van der Waals surface area contributed by atoms with Gasteiger partial charge in [0.25, 0.3) is 0 Å². The number of benzene rings is 10. The van der Waals surface area contributed by atoms with Crippen LogP contribution in [0.2, 0.25) is 0 Å². The van der Waals surface area contributed by atoms with Crippen molar-refractivity contribution < 1.29 is 0 Å². The minimum Gasteiger partial charge on any atom is -0.316 e. The number of hydrogen-bond acceptors (Lipinski definition) is 4. The van der Waals surface area contributed by atoms with E-state index in [9.17, 15) is 11.8 Å². The van der Waals surface area contributed by atoms with E-state index in [2.05, 4.69) is 178 Å². The third kappa shape index (κ3) is 5.19. The summed E-state index contributed by atoms with van der Waals surface area (Å²) in [4.78, 5) is 4.65. The fourth-order valence-electron chi connectivity index (χ4n) is 11.4. The highest BCUT2D eigenvalue weighted by molar-refractivity contribution is 7.27. The molecule has 0 spiro atoms. The van der Waals surface area contributed by atoms with E-state index >= 15 is 0 Å². The van der Waals surface area contributed by atoms with Gasteiger partial charge in [0.15, 0.2) is 0 Å². The molecule has 0 N–H and O–H groups in total. The maximum Gasteiger partial charge on any atom is 0.220 e. The van der Waals surface area contributed by atoms with Gasteiger partial charge >= 0.3 is 0 Å². The average Bonchev–Trinajstić information content (AvgIpc) is 4.22. The second-order valence-corrected chi connectivity index (χ2v) is 20.8. The minimum atomic E-state index is 0.433. The van der Waals surface area contributed by atoms with Gasteiger partial charge < -0.3 is 9.13 Å². The smallest absolute Gasteiger partial charge is 0.220 e. The Kier molecular flexibility index (Phi) is 8.08. The van der Waals surface area contributed by atoms with Gasteiger partial charge in [0.1, 0.15) is 6.07 Å². The van der Waals surface area contributed by atoms with Crippen LogP contribution in [0.4, 0.5) is 5.69 Å². The van der Waals surface area contributed by atoms with Crippen molar-refractivity contribution in [1.29, 1.82) is 5.26 Å². The van der Waals surface area contributed by atoms with Gasteiger partial charge in [-0.1, -0.05) is 158 Å². The summed E-state index contributed by atoms with van der Waals surface area (Å²) in [5.41, 5.74) is 9.66. The summed E-state index contributed by atoms with van der Waals surface area (Å²) in [7, 11) is 0. The van der Waals surface area contributed by atoms with Crippen molar-refractivity contribution in [2.45, 2.75) is 0 Å². The molecule has 0 aliphatic heterocycles. The van der Waals surface area contributed by atoms with Gasteiger partial charge in [-0.05, 0) is 47.5 Å². The average molecular weight is 929 g/mol. The number of fused-ring (bicyclic) bond motifs is 18. The predicted molar refractivity (Wildman–Crippen MR) is 296 cm³/mol. The Morgan fingerprint density at radius 1 is 0.391 bits per heavy atom. The summed E-state index contributed by atoms with van der Waals surface area (Å²) in [5.74, 6) is 0. The van der Waals surface area contributed by atoms with E-state index in [4.69, 9.17) is 0 Å². The summed E-state index contributed by atoms with van der Waals surface area (Å²) in [6.45, 7) is 9.48. The van der Waals surface area contributed by atoms with Gasteiger partial charge in [-0.3, -0.25) is 0 Å². The van der Waals surface area contributed by atoms with Crippen molar-refractivity contribution >= 4 is 144 Å². The van der Waals surface area contributed by atoms with Crippen molar-refractivity contribution in [2.75, 3.05) is 0 Å². The third-order valence-electron chi connectivity index (χ3n) is 14.2. The lowest BCUT2D eigenvalue weighted by molar-refractivity contribution is 1.14. The number of hydrogen-bond donors (Lipinski definition) is 0. The zero-order valence-electron chi connectivity index (χ0n) is 36.5. The molecule has 10 aromatic carbocycles. The highest BCUT2D eigenvalue weighted by Crippen LogP contribution is 2.55. The largest absolute Gasteiger partial charge is 0.316 e. The lowest BCUT2D eigenvalue weighted by Gasteiger charge is -2.26. The number of para-hydroxylation sites is 1. The predicted octanol–water partition coefficient (Wildman–Crippen LogP) is 18.7. The standard InChI is InChI=1S/C62H32N4S3/c1-64-56-52(35-16-4-2-5-17-35)45(34-63)57(65-46-24-12-8-22-43(46)54-47(65)32-33-51-55(54)44-23-11-15-27-50(44)67-51)53(36-18-6-3-7-19-36)60(56)66-58-39(28-30-41-37-20-9-13-25-48(37)68-61(41)58)40-29-31-42-38-21-10-14-26-49(38)69-62(42)59(40)66/h2-33H. The molecule has 7 heteroatoms. The van der Waals surface area contributed by atoms with Gasteiger partial charge in [0.2, 0.25) is 5.69 Å². The van der Waals surface area contributed by atoms with Crippen molar-refractivity contribution in [1.82, 2.24) is 9.13 Å². The van der Waals surface area contributed by atoms with Crippen LogP contribution in [0.5, 0.6) is 0 Å². The molecule has 0 unspecified atom stereocenters. The van der Waals surface area contributed by atoms with E-state index in [0.717, 1.165) is 81.1 Å². The van der Waals surface area contributed by atoms with Gasteiger partial charge in [-0.25, -0.2) is 4.85 Å². The summed E-state index contributed by atoms with van der Waals surface area (Å²) in [6, 6.07) is 71.7. The lowest BCUT2D eigenvalue weighted by atomic mass is 9.88. The van der Waals surface area contributed by atoms with Crippen LogP contribution < -0.4 is 0 Å². The van der Waals surface area contributed by atoms with Crippen LogP contribution >= 0.6 is 34.0 Å². The first-order chi connectivity index (χ1) is 34.2. The summed E-state index contributed by atoms with van der Waals surface area (Å²) in [6.07, 6.45) is 0. The van der Waals surface area contributed by atoms with Crippen molar-refractivity contribution in [3.05, 3.63) is 211 Å². The van der Waals surface area contributed by atoms with Crippen LogP contribution in [-0.4, -0.2) is 9.13 Å². The number of thiophene rings is 3. The van der Waals surface area contributed by atoms with Gasteiger partial charge in [-0.15, -0.1) is 34.0 Å². The van der Waals surface area contributed by atoms with E-state index in [1.807, 2.05) is 47.7 Å². The van der Waals surface area contributed by atoms with E-state index < -0.39 is 0 Å². The molecule has 0 amide bonds. The molecule has 0 fully saturated rings. The first-order valence-electron chi connectivity index (χ1n) is 22.9. The molecule has 0 radical (unpaired) electrons. The summed E-state index contributed by atoms with van der Waals surface area (Å²) < 4.78 is 12.0. The molecule has 5 heterocycles. The van der Waals surface area contributed by atoms with E-state index in [-0.39, 0.29) is 0 Å². The highest BCUT2D eigenvalue weighted by atomic mass is 32.1. The molecular weight excluding hydrogens is 897 g/mol. The number of nitriles is 1. The summed E-state index contributed by atoms with van der Waals surface area (Å²) >= 11 is 5.43. The van der Waals surface area contributed by atoms with Crippen LogP contribution in [0.3, 0.4) is 0 Å². The first kappa shape index (κ1) is 38.5. The molecule has 15 aromatic rings. The molecule has 69 heavy (non-hydrogen) atoms. The first-order valence-corrected chi connectivity index (χ1v) is 25.3. The molecule has 318 valence electrons. The molecule has 0 aliphatic carbocycles. The number of rotatable bonds is 4. The Bertz CT molecular complexity index is 4670. The van der Waals surface area contributed by atoms with Crippen molar-refractivity contribution in [2.24, 2.45) is 0 Å². The molecule has 0 saturated carbocycles. The highest BCUT2D eigenvalue weighted by Gasteiger charge is 2.33. The Morgan fingerprint density at radius 2 is 0.899 bits per heavy atom. The van der Waals surface area contributed by atoms with Crippen LogP contribution in [0.15, 0.2) is 194 Å². The second kappa shape index (κ2) is 14.5. The monoisotopic (exact) mass is 928 g/mol. The molecular formula is C62H32N4S3. The Balaban J connectivity index is 1.25. The molecule has 0 bridgehead atoms. The number of nitrogens with zero attached hydrogens (tertiary/aromatic N) is 4. The Hall–Kier alpha value is -8.56. The molecule has 5 aromatic heterocycles. The molecule has 15 rings (SSSR count). The molecule has 0 atom stereocenters. The Labute approximate surface area is 406 Å². The van der Waals surface area contributed by atoms with Crippen LogP contribution in [0.25, 0.3) is 143 Å². The lowest BCUT2D eigenvalue weighted by Crippen LogP contribution is -2.08. The van der Waals surface area contributed by atoms with E-state index in [0.29, 0.717) is 16.8 Å². The fourth-order valence-corrected chi connectivity index (χ4v) is 15.0. The van der Waals surface area contributed by atoms with Crippen LogP contribution in [-0.2, 0) is 0 Å². The molecule has 4 nitrogen and oxygen atoms in total. The topological polar surface area (TPSA) is 38.0 Å². The molecule has 0 aliphatic rings. The quantitative estimate of drug-likeness (QED) is 0.162. The second-order valence-electron chi connectivity index (χ2n) is 17.6. The fraction of sp³-hybridized carbons (Fsp3) is 0. The van der Waals surface area contributed by atoms with Crippen LogP contribution in [0, 0.1) is 17.9 Å². The minimum absolute atomic E-state index is 0.433. The SMILES string of the molecule is [C-]#[N+]c1c(-c2ccccc2)c(C#N)c(-n2c3ccccc3c3c4c(ccc32)sc2ccccc24)c(-c2ccccc2)c1-n1c2c(ccc3c4ccccc4sc32)c2ccc3c4ccccc4sc3c21. The summed E-state index contributed by atoms with van der Waals surface area (Å²) in [5, 5.41) is 23.7. The maximum absolute atomic E-state index is 12.0. The normalized spacial score (nSPS) is 12.0. The van der Waals surface area contributed by atoms with Gasteiger partial charge in [0, 0.05) is 83.8 Å². The van der Waals surface area contributed by atoms with Crippen molar-refractivity contribution in [3.63, 3.8) is 0 Å². The third-order valence-corrected chi connectivity index (χ3v) is 17.7. The van der Waals surface area contributed by atoms with E-state index in [1.165, 1.54) is 51.1 Å². The maximum atomic E-state index is 12.0. The Morgan fingerprint density at radius 3 is 1.49 bits per heavy atom. The molecule has 0 saturated heterocycles. The number of aromatic nitrogens is 2. The zero-order valence-corrected chi connectivity index (χ0v) is 38.9. The van der Waals surface area contributed by atoms with Crippen molar-refractivity contribution in [3.8, 4) is 39.7 Å². The van der Waals surface area contributed by atoms with Crippen LogP contribution in [0.1, 0.15) is 5.56 Å². The van der Waals surface area contributed by atoms with Gasteiger partial charge in [0.05, 0.1) is 55.0 Å².